The Kier molecular flexibility index (Phi) is 9.13. The molecular formula is C28H25Br2FN4O4. The Morgan fingerprint density at radius 2 is 1.87 bits per heavy atom. The smallest absolute Gasteiger partial charge is 0.282 e. The van der Waals surface area contributed by atoms with Gasteiger partial charge in [-0.15, -0.1) is 0 Å². The van der Waals surface area contributed by atoms with Crippen molar-refractivity contribution in [1.29, 1.82) is 0 Å². The van der Waals surface area contributed by atoms with E-state index >= 15 is 0 Å². The monoisotopic (exact) mass is 658 g/mol. The van der Waals surface area contributed by atoms with Crippen molar-refractivity contribution in [3.05, 3.63) is 91.1 Å². The third-order valence-electron chi connectivity index (χ3n) is 5.48. The number of ether oxygens (including phenoxy) is 2. The standard InChI is InChI=1S/C28H25Br2FN4O4/c1-4-38-24-12-17(11-22(30)26(24)39-15-25(36)33-20-8-6-19(31)7-9-20)14-32-35-27(16(2)3)34-23-10-5-18(29)13-21(23)28(35)37/h5-14,16H,4,15H2,1-3H3,(H,33,36). The summed E-state index contributed by atoms with van der Waals surface area (Å²) in [6.07, 6.45) is 1.54. The summed E-state index contributed by atoms with van der Waals surface area (Å²) in [6.45, 7) is 5.77. The van der Waals surface area contributed by atoms with Crippen LogP contribution in [0.5, 0.6) is 11.5 Å². The maximum atomic E-state index is 13.3. The van der Waals surface area contributed by atoms with Gasteiger partial charge in [0.1, 0.15) is 11.6 Å². The van der Waals surface area contributed by atoms with Gasteiger partial charge in [-0.25, -0.2) is 9.37 Å². The van der Waals surface area contributed by atoms with Crippen LogP contribution in [0, 0.1) is 5.82 Å². The minimum absolute atomic E-state index is 0.0505. The molecule has 0 unspecified atom stereocenters. The number of benzene rings is 3. The number of fused-ring (bicyclic) bond motifs is 1. The molecule has 4 aromatic rings. The predicted molar refractivity (Wildman–Crippen MR) is 157 cm³/mol. The highest BCUT2D eigenvalue weighted by Gasteiger charge is 2.16. The van der Waals surface area contributed by atoms with E-state index in [4.69, 9.17) is 9.47 Å². The maximum Gasteiger partial charge on any atom is 0.282 e. The third-order valence-corrected chi connectivity index (χ3v) is 6.56. The van der Waals surface area contributed by atoms with Crippen LogP contribution in [0.3, 0.4) is 0 Å². The first-order valence-corrected chi connectivity index (χ1v) is 13.7. The fourth-order valence-corrected chi connectivity index (χ4v) is 4.64. The number of rotatable bonds is 9. The Hall–Kier alpha value is -3.57. The van der Waals surface area contributed by atoms with Crippen molar-refractivity contribution >= 4 is 60.6 Å². The lowest BCUT2D eigenvalue weighted by molar-refractivity contribution is -0.118. The van der Waals surface area contributed by atoms with E-state index in [0.29, 0.717) is 50.6 Å². The number of nitrogens with one attached hydrogen (secondary N) is 1. The first-order chi connectivity index (χ1) is 18.7. The second kappa shape index (κ2) is 12.5. The van der Waals surface area contributed by atoms with Gasteiger partial charge >= 0.3 is 0 Å². The summed E-state index contributed by atoms with van der Waals surface area (Å²) in [4.78, 5) is 30.3. The van der Waals surface area contributed by atoms with Crippen molar-refractivity contribution in [2.24, 2.45) is 5.10 Å². The Labute approximate surface area is 241 Å². The number of carbonyl (C=O) groups is 1. The van der Waals surface area contributed by atoms with Crippen LogP contribution in [-0.2, 0) is 4.79 Å². The number of carbonyl (C=O) groups excluding carboxylic acids is 1. The molecule has 1 aromatic heterocycles. The first kappa shape index (κ1) is 28.4. The van der Waals surface area contributed by atoms with Gasteiger partial charge in [0.15, 0.2) is 18.1 Å². The van der Waals surface area contributed by atoms with Gasteiger partial charge in [-0.2, -0.15) is 9.78 Å². The topological polar surface area (TPSA) is 94.8 Å². The lowest BCUT2D eigenvalue weighted by Gasteiger charge is -2.15. The fourth-order valence-electron chi connectivity index (χ4n) is 3.71. The molecule has 0 aliphatic heterocycles. The van der Waals surface area contributed by atoms with E-state index in [1.807, 2.05) is 26.8 Å². The predicted octanol–water partition coefficient (Wildman–Crippen LogP) is 6.48. The maximum absolute atomic E-state index is 13.3. The van der Waals surface area contributed by atoms with E-state index in [-0.39, 0.29) is 18.1 Å². The van der Waals surface area contributed by atoms with Gasteiger partial charge in [0.25, 0.3) is 11.5 Å². The second-order valence-corrected chi connectivity index (χ2v) is 10.5. The molecule has 1 heterocycles. The Balaban J connectivity index is 1.60. The van der Waals surface area contributed by atoms with Gasteiger partial charge in [0.05, 0.1) is 28.2 Å². The molecule has 1 amide bonds. The van der Waals surface area contributed by atoms with Crippen LogP contribution in [0.25, 0.3) is 10.9 Å². The van der Waals surface area contributed by atoms with Crippen molar-refractivity contribution in [3.8, 4) is 11.5 Å². The number of hydrogen-bond donors (Lipinski definition) is 1. The number of halogens is 3. The molecule has 202 valence electrons. The van der Waals surface area contributed by atoms with Gasteiger partial charge in [-0.3, -0.25) is 9.59 Å². The molecule has 8 nitrogen and oxygen atoms in total. The molecule has 0 saturated carbocycles. The number of nitrogens with zero attached hydrogens (tertiary/aromatic N) is 3. The summed E-state index contributed by atoms with van der Waals surface area (Å²) in [5, 5.41) is 7.57. The van der Waals surface area contributed by atoms with Gasteiger partial charge in [-0.05, 0) is 83.0 Å². The van der Waals surface area contributed by atoms with Gasteiger partial charge in [0.2, 0.25) is 0 Å². The lowest BCUT2D eigenvalue weighted by Crippen LogP contribution is -2.23. The highest BCUT2D eigenvalue weighted by atomic mass is 79.9. The lowest BCUT2D eigenvalue weighted by atomic mass is 10.2. The minimum atomic E-state index is -0.419. The normalized spacial score (nSPS) is 11.4. The van der Waals surface area contributed by atoms with E-state index in [2.05, 4.69) is 47.3 Å². The van der Waals surface area contributed by atoms with Crippen LogP contribution in [0.4, 0.5) is 10.1 Å². The quantitative estimate of drug-likeness (QED) is 0.208. The van der Waals surface area contributed by atoms with Crippen LogP contribution in [-0.4, -0.2) is 35.0 Å². The molecule has 0 saturated heterocycles. The molecule has 4 rings (SSSR count). The molecule has 1 N–H and O–H groups in total. The van der Waals surface area contributed by atoms with Crippen molar-refractivity contribution < 1.29 is 18.7 Å². The molecule has 0 radical (unpaired) electrons. The van der Waals surface area contributed by atoms with Gasteiger partial charge < -0.3 is 14.8 Å². The molecule has 0 bridgehead atoms. The Bertz CT molecular complexity index is 1600. The molecule has 39 heavy (non-hydrogen) atoms. The van der Waals surface area contributed by atoms with E-state index in [1.54, 1.807) is 24.3 Å². The fraction of sp³-hybridized carbons (Fsp3) is 0.214. The minimum Gasteiger partial charge on any atom is -0.490 e. The van der Waals surface area contributed by atoms with Crippen molar-refractivity contribution in [1.82, 2.24) is 9.66 Å². The molecule has 11 heteroatoms. The van der Waals surface area contributed by atoms with E-state index in [0.717, 1.165) is 4.47 Å². The number of aromatic nitrogens is 2. The van der Waals surface area contributed by atoms with Crippen molar-refractivity contribution in [3.63, 3.8) is 0 Å². The SMILES string of the molecule is CCOc1cc(C=Nn2c(C(C)C)nc3ccc(Br)cc3c2=O)cc(Br)c1OCC(=O)Nc1ccc(F)cc1. The molecule has 3 aromatic carbocycles. The summed E-state index contributed by atoms with van der Waals surface area (Å²) >= 11 is 6.89. The zero-order valence-corrected chi connectivity index (χ0v) is 24.5. The third kappa shape index (κ3) is 6.90. The van der Waals surface area contributed by atoms with Crippen LogP contribution >= 0.6 is 31.9 Å². The molecule has 0 fully saturated rings. The summed E-state index contributed by atoms with van der Waals surface area (Å²) in [6, 6.07) is 14.2. The highest BCUT2D eigenvalue weighted by Crippen LogP contribution is 2.36. The van der Waals surface area contributed by atoms with Crippen molar-refractivity contribution in [2.45, 2.75) is 26.7 Å². The summed E-state index contributed by atoms with van der Waals surface area (Å²) < 4.78 is 27.2. The van der Waals surface area contributed by atoms with Crippen molar-refractivity contribution in [2.75, 3.05) is 18.5 Å². The zero-order chi connectivity index (χ0) is 28.1. The average Bonchev–Trinajstić information content (AvgIpc) is 2.89. The van der Waals surface area contributed by atoms with Crippen LogP contribution in [0.15, 0.2) is 73.4 Å². The number of amides is 1. The Morgan fingerprint density at radius 3 is 2.56 bits per heavy atom. The number of hydrogen-bond acceptors (Lipinski definition) is 6. The van der Waals surface area contributed by atoms with Crippen LogP contribution in [0.2, 0.25) is 0 Å². The summed E-state index contributed by atoms with van der Waals surface area (Å²) in [5.41, 5.74) is 1.40. The largest absolute Gasteiger partial charge is 0.490 e. The zero-order valence-electron chi connectivity index (χ0n) is 21.4. The second-order valence-electron chi connectivity index (χ2n) is 8.75. The van der Waals surface area contributed by atoms with Gasteiger partial charge in [-0.1, -0.05) is 29.8 Å². The molecule has 0 spiro atoms. The summed E-state index contributed by atoms with van der Waals surface area (Å²) in [7, 11) is 0. The van der Waals surface area contributed by atoms with E-state index in [1.165, 1.54) is 35.2 Å². The van der Waals surface area contributed by atoms with Crippen LogP contribution < -0.4 is 20.3 Å². The molecule has 0 aliphatic rings. The van der Waals surface area contributed by atoms with E-state index in [9.17, 15) is 14.0 Å². The first-order valence-electron chi connectivity index (χ1n) is 12.1. The molecule has 0 aliphatic carbocycles. The molecule has 0 atom stereocenters. The highest BCUT2D eigenvalue weighted by molar-refractivity contribution is 9.10. The van der Waals surface area contributed by atoms with E-state index < -0.39 is 11.7 Å². The number of anilines is 1. The summed E-state index contributed by atoms with van der Waals surface area (Å²) in [5.74, 6) is 0.388. The average molecular weight is 660 g/mol. The Morgan fingerprint density at radius 1 is 1.13 bits per heavy atom. The molecular weight excluding hydrogens is 635 g/mol. The van der Waals surface area contributed by atoms with Gasteiger partial charge in [0, 0.05) is 16.1 Å². The van der Waals surface area contributed by atoms with Crippen LogP contribution in [0.1, 0.15) is 38.1 Å².